The maximum atomic E-state index is 13.9. The van der Waals surface area contributed by atoms with Crippen LogP contribution in [0.1, 0.15) is 59.6 Å². The highest BCUT2D eigenvalue weighted by Crippen LogP contribution is 2.43. The fraction of sp³-hybridized carbons (Fsp3) is 0.417. The number of anilines is 1. The van der Waals surface area contributed by atoms with Crippen molar-refractivity contribution >= 4 is 39.0 Å². The van der Waals surface area contributed by atoms with Gasteiger partial charge in [-0.3, -0.25) is 18.7 Å². The van der Waals surface area contributed by atoms with Gasteiger partial charge >= 0.3 is 10.4 Å². The summed E-state index contributed by atoms with van der Waals surface area (Å²) in [5.74, 6) is -0.683. The number of amides is 2. The molecule has 1 aliphatic heterocycles. The summed E-state index contributed by atoms with van der Waals surface area (Å²) in [6.45, 7) is 9.40. The lowest BCUT2D eigenvalue weighted by Crippen LogP contribution is -2.35. The van der Waals surface area contributed by atoms with Crippen LogP contribution in [-0.2, 0) is 21.6 Å². The van der Waals surface area contributed by atoms with Crippen LogP contribution >= 0.6 is 0 Å². The Morgan fingerprint density at radius 2 is 1.86 bits per heavy atom. The highest BCUT2D eigenvalue weighted by molar-refractivity contribution is 7.79. The SMILES string of the molecule is CCN(CC)CCNC(=O)c1c(C)[nH]c2c1CCC/C2=C1\C(=O)Nc2ccc(F)cc21.O=S(=O)(O)O. The molecule has 0 saturated carbocycles. The summed E-state index contributed by atoms with van der Waals surface area (Å²) in [5.41, 5.74) is 5.82. The molecule has 0 atom stereocenters. The molecule has 2 aromatic rings. The first-order chi connectivity index (χ1) is 16.9. The third-order valence-corrected chi connectivity index (χ3v) is 6.31. The number of aromatic amines is 1. The van der Waals surface area contributed by atoms with Crippen LogP contribution < -0.4 is 10.6 Å². The summed E-state index contributed by atoms with van der Waals surface area (Å²) in [7, 11) is -4.67. The smallest absolute Gasteiger partial charge is 0.358 e. The maximum absolute atomic E-state index is 13.9. The van der Waals surface area contributed by atoms with Crippen molar-refractivity contribution in [2.75, 3.05) is 31.5 Å². The van der Waals surface area contributed by atoms with Crippen LogP contribution in [0.2, 0.25) is 0 Å². The molecule has 2 heterocycles. The Balaban J connectivity index is 0.000000658. The molecular formula is C24H31FN4O6S. The van der Waals surface area contributed by atoms with Gasteiger partial charge in [-0.1, -0.05) is 13.8 Å². The highest BCUT2D eigenvalue weighted by Gasteiger charge is 2.33. The molecule has 0 spiro atoms. The number of carbonyl (C=O) groups is 2. The van der Waals surface area contributed by atoms with E-state index in [0.29, 0.717) is 35.4 Å². The van der Waals surface area contributed by atoms with Gasteiger partial charge in [-0.25, -0.2) is 4.39 Å². The van der Waals surface area contributed by atoms with Gasteiger partial charge in [-0.15, -0.1) is 0 Å². The van der Waals surface area contributed by atoms with Gasteiger partial charge in [0.05, 0.1) is 11.1 Å². The molecule has 0 radical (unpaired) electrons. The number of aryl methyl sites for hydroxylation is 1. The van der Waals surface area contributed by atoms with Crippen LogP contribution in [0.15, 0.2) is 18.2 Å². The number of carbonyl (C=O) groups excluding carboxylic acids is 2. The zero-order valence-electron chi connectivity index (χ0n) is 20.4. The van der Waals surface area contributed by atoms with E-state index >= 15 is 0 Å². The minimum Gasteiger partial charge on any atom is -0.358 e. The van der Waals surface area contributed by atoms with Crippen LogP contribution in [0.25, 0.3) is 11.1 Å². The van der Waals surface area contributed by atoms with Crippen molar-refractivity contribution in [1.82, 2.24) is 15.2 Å². The van der Waals surface area contributed by atoms with Gasteiger partial charge in [0.2, 0.25) is 0 Å². The van der Waals surface area contributed by atoms with Crippen molar-refractivity contribution in [3.63, 3.8) is 0 Å². The van der Waals surface area contributed by atoms with Gasteiger partial charge in [0.1, 0.15) is 5.82 Å². The van der Waals surface area contributed by atoms with E-state index in [1.807, 2.05) is 6.92 Å². The number of hydrogen-bond donors (Lipinski definition) is 5. The largest absolute Gasteiger partial charge is 0.394 e. The molecular weight excluding hydrogens is 491 g/mol. The summed E-state index contributed by atoms with van der Waals surface area (Å²) in [5, 5.41) is 5.88. The zero-order valence-corrected chi connectivity index (χ0v) is 21.3. The van der Waals surface area contributed by atoms with E-state index in [9.17, 15) is 14.0 Å². The Morgan fingerprint density at radius 1 is 1.19 bits per heavy atom. The topological polar surface area (TPSA) is 152 Å². The Hall–Kier alpha value is -3.06. The van der Waals surface area contributed by atoms with Crippen molar-refractivity contribution < 1.29 is 31.5 Å². The molecule has 196 valence electrons. The highest BCUT2D eigenvalue weighted by atomic mass is 32.3. The molecule has 2 aliphatic rings. The van der Waals surface area contributed by atoms with E-state index in [0.717, 1.165) is 55.0 Å². The number of nitrogens with one attached hydrogen (secondary N) is 3. The number of likely N-dealkylation sites (N-methyl/N-ethyl adjacent to an activating group) is 1. The number of aromatic nitrogens is 1. The minimum atomic E-state index is -4.67. The van der Waals surface area contributed by atoms with Gasteiger partial charge in [0.15, 0.2) is 0 Å². The van der Waals surface area contributed by atoms with E-state index in [2.05, 4.69) is 34.4 Å². The predicted molar refractivity (Wildman–Crippen MR) is 135 cm³/mol. The molecule has 5 N–H and O–H groups in total. The van der Waals surface area contributed by atoms with Crippen LogP contribution in [0.3, 0.4) is 0 Å². The first-order valence-electron chi connectivity index (χ1n) is 11.7. The molecule has 36 heavy (non-hydrogen) atoms. The molecule has 12 heteroatoms. The molecule has 0 saturated heterocycles. The van der Waals surface area contributed by atoms with Crippen LogP contribution in [-0.4, -0.2) is 65.4 Å². The summed E-state index contributed by atoms with van der Waals surface area (Å²) in [6.07, 6.45) is 2.31. The number of allylic oxidation sites excluding steroid dienone is 1. The zero-order chi connectivity index (χ0) is 26.6. The standard InChI is InChI=1S/C24H29FN4O2.H2O4S/c1-4-29(5-2)12-11-26-23(30)20-14(3)27-22-16(20)7-6-8-17(22)21-18-13-15(25)9-10-19(18)28-24(21)31;1-5(2,3)4/h9-10,13,27H,4-8,11-12H2,1-3H3,(H,26,30)(H,28,31);(H2,1,2,3,4)/b21-17+;. The second kappa shape index (κ2) is 11.3. The van der Waals surface area contributed by atoms with E-state index in [-0.39, 0.29) is 17.6 Å². The number of fused-ring (bicyclic) bond motifs is 2. The monoisotopic (exact) mass is 522 g/mol. The van der Waals surface area contributed by atoms with Gasteiger partial charge in [0.25, 0.3) is 11.8 Å². The predicted octanol–water partition coefficient (Wildman–Crippen LogP) is 3.08. The van der Waals surface area contributed by atoms with E-state index in [1.54, 1.807) is 6.07 Å². The molecule has 0 unspecified atom stereocenters. The number of halogens is 1. The fourth-order valence-electron chi connectivity index (χ4n) is 4.70. The van der Waals surface area contributed by atoms with E-state index in [1.165, 1.54) is 12.1 Å². The summed E-state index contributed by atoms with van der Waals surface area (Å²) in [6, 6.07) is 4.34. The Bertz CT molecular complexity index is 1290. The lowest BCUT2D eigenvalue weighted by Gasteiger charge is -2.19. The number of H-pyrrole nitrogens is 1. The molecule has 10 nitrogen and oxygen atoms in total. The average molecular weight is 523 g/mol. The van der Waals surface area contributed by atoms with Crippen LogP contribution in [0.4, 0.5) is 10.1 Å². The summed E-state index contributed by atoms with van der Waals surface area (Å²) in [4.78, 5) is 31.4. The Morgan fingerprint density at radius 3 is 2.50 bits per heavy atom. The van der Waals surface area contributed by atoms with E-state index in [4.69, 9.17) is 17.5 Å². The Kier molecular flexibility index (Phi) is 8.67. The molecule has 2 amide bonds. The van der Waals surface area contributed by atoms with Crippen molar-refractivity contribution in [2.24, 2.45) is 0 Å². The number of nitrogens with zero attached hydrogens (tertiary/aromatic N) is 1. The third kappa shape index (κ3) is 6.38. The third-order valence-electron chi connectivity index (χ3n) is 6.31. The molecule has 1 aromatic carbocycles. The van der Waals surface area contributed by atoms with Gasteiger partial charge < -0.3 is 20.5 Å². The lowest BCUT2D eigenvalue weighted by atomic mass is 9.86. The average Bonchev–Trinajstić information content (AvgIpc) is 3.30. The van der Waals surface area contributed by atoms with Crippen LogP contribution in [0, 0.1) is 12.7 Å². The van der Waals surface area contributed by atoms with Crippen molar-refractivity contribution in [3.05, 3.63) is 52.1 Å². The molecule has 4 rings (SSSR count). The molecule has 1 aliphatic carbocycles. The minimum absolute atomic E-state index is 0.0873. The Labute approximate surface area is 209 Å². The number of hydrogen-bond acceptors (Lipinski definition) is 5. The van der Waals surface area contributed by atoms with Gasteiger partial charge in [-0.05, 0) is 68.6 Å². The maximum Gasteiger partial charge on any atom is 0.394 e. The van der Waals surface area contributed by atoms with Gasteiger partial charge in [0, 0.05) is 35.7 Å². The van der Waals surface area contributed by atoms with Gasteiger partial charge in [-0.2, -0.15) is 8.42 Å². The van der Waals surface area contributed by atoms with Crippen molar-refractivity contribution in [1.29, 1.82) is 0 Å². The first kappa shape index (κ1) is 27.5. The fourth-order valence-corrected chi connectivity index (χ4v) is 4.70. The van der Waals surface area contributed by atoms with Crippen molar-refractivity contribution in [2.45, 2.75) is 40.0 Å². The second-order valence-corrected chi connectivity index (χ2v) is 9.46. The van der Waals surface area contributed by atoms with Crippen molar-refractivity contribution in [3.8, 4) is 0 Å². The second-order valence-electron chi connectivity index (χ2n) is 8.56. The molecule has 1 aromatic heterocycles. The summed E-state index contributed by atoms with van der Waals surface area (Å²) >= 11 is 0. The van der Waals surface area contributed by atoms with Crippen LogP contribution in [0.5, 0.6) is 0 Å². The van der Waals surface area contributed by atoms with E-state index < -0.39 is 10.4 Å². The first-order valence-corrected chi connectivity index (χ1v) is 13.1. The quantitative estimate of drug-likeness (QED) is 0.289. The lowest BCUT2D eigenvalue weighted by molar-refractivity contribution is -0.110. The normalized spacial score (nSPS) is 16.7. The molecule has 0 bridgehead atoms. The summed E-state index contributed by atoms with van der Waals surface area (Å²) < 4.78 is 45.5. The molecule has 0 fully saturated rings. The number of rotatable bonds is 6. The number of benzene rings is 1.